The largest absolute Gasteiger partial charge is 0.497 e. The molecule has 240 valence electrons. The lowest BCUT2D eigenvalue weighted by Gasteiger charge is -2.17. The third-order valence-corrected chi connectivity index (χ3v) is 6.52. The molecule has 0 spiro atoms. The average molecular weight is 642 g/mol. The van der Waals surface area contributed by atoms with Gasteiger partial charge in [-0.15, -0.1) is 0 Å². The first-order valence-electron chi connectivity index (χ1n) is 13.3. The van der Waals surface area contributed by atoms with Gasteiger partial charge in [0.05, 0.1) is 32.6 Å². The molecule has 0 saturated carbocycles. The molecule has 46 heavy (non-hydrogen) atoms. The van der Waals surface area contributed by atoms with Crippen LogP contribution in [0, 0.1) is 12.7 Å². The molecule has 0 bridgehead atoms. The Morgan fingerprint density at radius 2 is 1.65 bits per heavy atom. The number of carbonyl (C=O) groups excluding carboxylic acids is 1. The fourth-order valence-electron chi connectivity index (χ4n) is 4.25. The number of ether oxygens (including phenoxy) is 4. The molecule has 11 nitrogen and oxygen atoms in total. The van der Waals surface area contributed by atoms with Gasteiger partial charge >= 0.3 is 6.18 Å². The van der Waals surface area contributed by atoms with E-state index in [1.807, 2.05) is 0 Å². The molecule has 0 unspecified atom stereocenters. The number of aldehydes is 1. The molecule has 0 fully saturated rings. The molecule has 0 atom stereocenters. The number of rotatable bonds is 8. The van der Waals surface area contributed by atoms with Crippen LogP contribution in [-0.4, -0.2) is 54.2 Å². The monoisotopic (exact) mass is 641 g/mol. The summed E-state index contributed by atoms with van der Waals surface area (Å²) in [5, 5.41) is 2.85. The lowest BCUT2D eigenvalue weighted by Crippen LogP contribution is -2.29. The molecule has 5 rings (SSSR count). The van der Waals surface area contributed by atoms with Crippen molar-refractivity contribution in [2.75, 3.05) is 33.7 Å². The summed E-state index contributed by atoms with van der Waals surface area (Å²) in [5.41, 5.74) is -0.580. The van der Waals surface area contributed by atoms with E-state index in [2.05, 4.69) is 20.3 Å². The molecule has 5 aromatic rings. The summed E-state index contributed by atoms with van der Waals surface area (Å²) < 4.78 is 75.0. The van der Waals surface area contributed by atoms with Crippen LogP contribution in [0.3, 0.4) is 0 Å². The standard InChI is InChI=1S/C16H15FN4O3.C15H12F3NO3/c1-18-9-4-5-12(10(17)6-9)24-16-14-11(19-8-20-16)7-13(22-2)15(21-14)23-3;1-9-7-11(22-2)4-5-12(9)19-13(15(16,17)18)6-3-10(8-20)14(19)21/h4-8,18H,1-3H3;3-8H,1-2H3. The van der Waals surface area contributed by atoms with E-state index in [1.54, 1.807) is 26.1 Å². The number of methoxy groups -OCH3 is 3. The number of hydrogen-bond donors (Lipinski definition) is 1. The van der Waals surface area contributed by atoms with E-state index in [4.69, 9.17) is 18.9 Å². The number of aryl methyl sites for hydroxylation is 1. The highest BCUT2D eigenvalue weighted by atomic mass is 19.4. The Balaban J connectivity index is 0.000000210. The molecule has 2 aromatic carbocycles. The van der Waals surface area contributed by atoms with Crippen molar-refractivity contribution < 1.29 is 41.3 Å². The number of nitrogens with zero attached hydrogens (tertiary/aromatic N) is 4. The molecule has 1 N–H and O–H groups in total. The first-order chi connectivity index (χ1) is 21.9. The van der Waals surface area contributed by atoms with Crippen molar-refractivity contribution >= 4 is 23.0 Å². The first kappa shape index (κ1) is 33.2. The van der Waals surface area contributed by atoms with Gasteiger partial charge in [0.25, 0.3) is 11.4 Å². The van der Waals surface area contributed by atoms with Crippen molar-refractivity contribution in [2.45, 2.75) is 13.1 Å². The number of halogens is 4. The summed E-state index contributed by atoms with van der Waals surface area (Å²) in [7, 11) is 6.10. The minimum Gasteiger partial charge on any atom is -0.497 e. The summed E-state index contributed by atoms with van der Waals surface area (Å²) in [6.45, 7) is 1.55. The number of alkyl halides is 3. The topological polar surface area (TPSA) is 127 Å². The molecule has 3 aromatic heterocycles. The molecular weight excluding hydrogens is 614 g/mol. The van der Waals surface area contributed by atoms with E-state index >= 15 is 0 Å². The molecular formula is C31H27F4N5O6. The predicted octanol–water partition coefficient (Wildman–Crippen LogP) is 6.00. The number of nitrogens with one attached hydrogen (secondary N) is 1. The van der Waals surface area contributed by atoms with Gasteiger partial charge in [-0.1, -0.05) is 0 Å². The lowest BCUT2D eigenvalue weighted by molar-refractivity contribution is -0.142. The zero-order valence-electron chi connectivity index (χ0n) is 25.1. The predicted molar refractivity (Wildman–Crippen MR) is 160 cm³/mol. The second-order valence-corrected chi connectivity index (χ2v) is 9.33. The smallest absolute Gasteiger partial charge is 0.431 e. The van der Waals surface area contributed by atoms with Gasteiger partial charge in [0.15, 0.2) is 29.1 Å². The minimum absolute atomic E-state index is 0.0329. The van der Waals surface area contributed by atoms with Gasteiger partial charge in [-0.2, -0.15) is 18.2 Å². The highest BCUT2D eigenvalue weighted by molar-refractivity contribution is 5.81. The van der Waals surface area contributed by atoms with Crippen LogP contribution in [0.1, 0.15) is 21.6 Å². The summed E-state index contributed by atoms with van der Waals surface area (Å²) >= 11 is 0. The van der Waals surface area contributed by atoms with Crippen LogP contribution in [0.4, 0.5) is 23.2 Å². The van der Waals surface area contributed by atoms with Crippen LogP contribution in [-0.2, 0) is 6.18 Å². The Labute approximate surface area is 259 Å². The average Bonchev–Trinajstić information content (AvgIpc) is 3.04. The molecule has 3 heterocycles. The zero-order chi connectivity index (χ0) is 33.6. The summed E-state index contributed by atoms with van der Waals surface area (Å²) in [6.07, 6.45) is -3.18. The number of carbonyl (C=O) groups is 1. The maximum absolute atomic E-state index is 14.1. The van der Waals surface area contributed by atoms with E-state index in [1.165, 1.54) is 58.0 Å². The Hall–Kier alpha value is -5.73. The minimum atomic E-state index is -4.73. The van der Waals surface area contributed by atoms with Gasteiger partial charge < -0.3 is 24.3 Å². The highest BCUT2D eigenvalue weighted by Gasteiger charge is 2.35. The van der Waals surface area contributed by atoms with E-state index in [-0.39, 0.29) is 35.0 Å². The summed E-state index contributed by atoms with van der Waals surface area (Å²) in [5.74, 6) is 0.779. The SMILES string of the molecule is CNc1ccc(Oc2ncnc3cc(OC)c(OC)nc23)c(F)c1.COc1ccc(-n2c(C(F)(F)F)ccc(C=O)c2=O)c(C)c1. The van der Waals surface area contributed by atoms with Crippen LogP contribution in [0.25, 0.3) is 16.7 Å². The quantitative estimate of drug-likeness (QED) is 0.159. The zero-order valence-corrected chi connectivity index (χ0v) is 25.1. The molecule has 0 aliphatic rings. The number of pyridine rings is 2. The Bertz CT molecular complexity index is 1950. The van der Waals surface area contributed by atoms with Gasteiger partial charge in [0.2, 0.25) is 5.88 Å². The number of fused-ring (bicyclic) bond motifs is 1. The van der Waals surface area contributed by atoms with Crippen molar-refractivity contribution in [1.29, 1.82) is 0 Å². The second-order valence-electron chi connectivity index (χ2n) is 9.33. The van der Waals surface area contributed by atoms with Gasteiger partial charge in [0, 0.05) is 24.9 Å². The van der Waals surface area contributed by atoms with Crippen molar-refractivity contribution in [3.8, 4) is 34.7 Å². The van der Waals surface area contributed by atoms with Crippen molar-refractivity contribution in [3.05, 3.63) is 93.9 Å². The molecule has 0 saturated heterocycles. The molecule has 0 aliphatic carbocycles. The van der Waals surface area contributed by atoms with Gasteiger partial charge in [-0.05, 0) is 55.0 Å². The van der Waals surface area contributed by atoms with Gasteiger partial charge in [-0.25, -0.2) is 14.4 Å². The van der Waals surface area contributed by atoms with E-state index < -0.39 is 23.2 Å². The van der Waals surface area contributed by atoms with E-state index in [9.17, 15) is 27.2 Å². The number of anilines is 1. The van der Waals surface area contributed by atoms with E-state index in [0.717, 1.165) is 12.1 Å². The molecule has 0 radical (unpaired) electrons. The van der Waals surface area contributed by atoms with E-state index in [0.29, 0.717) is 38.4 Å². The maximum atomic E-state index is 14.1. The van der Waals surface area contributed by atoms with Crippen LogP contribution in [0.2, 0.25) is 0 Å². The van der Waals surface area contributed by atoms with Crippen LogP contribution in [0.5, 0.6) is 29.0 Å². The first-order valence-corrected chi connectivity index (χ1v) is 13.3. The lowest BCUT2D eigenvalue weighted by atomic mass is 10.1. The van der Waals surface area contributed by atoms with Crippen molar-refractivity contribution in [3.63, 3.8) is 0 Å². The summed E-state index contributed by atoms with van der Waals surface area (Å²) in [6, 6.07) is 12.1. The third-order valence-electron chi connectivity index (χ3n) is 6.52. The maximum Gasteiger partial charge on any atom is 0.431 e. The van der Waals surface area contributed by atoms with Crippen molar-refractivity contribution in [1.82, 2.24) is 19.5 Å². The van der Waals surface area contributed by atoms with Gasteiger partial charge in [0.1, 0.15) is 23.3 Å². The fourth-order valence-corrected chi connectivity index (χ4v) is 4.25. The number of hydrogen-bond acceptors (Lipinski definition) is 10. The third kappa shape index (κ3) is 6.98. The summed E-state index contributed by atoms with van der Waals surface area (Å²) in [4.78, 5) is 35.5. The Morgan fingerprint density at radius 3 is 2.24 bits per heavy atom. The van der Waals surface area contributed by atoms with Gasteiger partial charge in [-0.3, -0.25) is 14.2 Å². The molecule has 0 aliphatic heterocycles. The number of aromatic nitrogens is 4. The fraction of sp³-hybridized carbons (Fsp3) is 0.194. The van der Waals surface area contributed by atoms with Crippen molar-refractivity contribution in [2.24, 2.45) is 0 Å². The molecule has 0 amide bonds. The van der Waals surface area contributed by atoms with Crippen LogP contribution >= 0.6 is 0 Å². The Kier molecular flexibility index (Phi) is 10.0. The second kappa shape index (κ2) is 13.9. The number of benzene rings is 2. The van der Waals surface area contributed by atoms with Crippen LogP contribution in [0.15, 0.2) is 65.7 Å². The normalized spacial score (nSPS) is 10.9. The van der Waals surface area contributed by atoms with Crippen LogP contribution < -0.4 is 29.8 Å². The molecule has 15 heteroatoms. The highest BCUT2D eigenvalue weighted by Crippen LogP contribution is 2.34. The Morgan fingerprint density at radius 1 is 0.891 bits per heavy atom.